The molecule has 9 heteroatoms. The van der Waals surface area contributed by atoms with Gasteiger partial charge in [0.15, 0.2) is 4.80 Å². The van der Waals surface area contributed by atoms with Gasteiger partial charge in [-0.1, -0.05) is 65.9 Å². The Morgan fingerprint density at radius 3 is 2.53 bits per heavy atom. The molecule has 3 heterocycles. The van der Waals surface area contributed by atoms with Crippen molar-refractivity contribution < 1.29 is 18.7 Å². The van der Waals surface area contributed by atoms with Crippen LogP contribution in [0, 0.1) is 12.7 Å². The van der Waals surface area contributed by atoms with E-state index in [1.54, 1.807) is 43.7 Å². The molecule has 0 saturated heterocycles. The lowest BCUT2D eigenvalue weighted by atomic mass is 9.95. The molecule has 7 nitrogen and oxygen atoms in total. The summed E-state index contributed by atoms with van der Waals surface area (Å²) in [4.78, 5) is 32.7. The number of carbonyl (C=O) groups excluding carboxylic acids is 1. The van der Waals surface area contributed by atoms with Gasteiger partial charge in [-0.3, -0.25) is 9.36 Å². The number of thiazole rings is 1. The standard InChI is InChI=1S/C34H30FN3O4S/c1-5-42-33(40)30-20(2)36-34-38(31(30)24-14-8-11-17-28(24)41-4)32(39)29(43-34)18-25-21(3)37(27-16-10-7-13-23(25)27)19-22-12-6-9-15-26(22)35/h6-18,31H,5,19H2,1-4H3/b29-18-/t31-/m0/s1. The van der Waals surface area contributed by atoms with Gasteiger partial charge in [-0.05, 0) is 45.0 Å². The van der Waals surface area contributed by atoms with Crippen LogP contribution >= 0.6 is 11.3 Å². The number of halogens is 1. The second-order valence-electron chi connectivity index (χ2n) is 10.2. The van der Waals surface area contributed by atoms with Crippen LogP contribution in [0.4, 0.5) is 4.39 Å². The van der Waals surface area contributed by atoms with Gasteiger partial charge in [-0.2, -0.15) is 0 Å². The first-order chi connectivity index (χ1) is 20.8. The Labute approximate surface area is 251 Å². The molecule has 1 atom stereocenters. The van der Waals surface area contributed by atoms with E-state index in [0.29, 0.717) is 44.0 Å². The van der Waals surface area contributed by atoms with Crippen LogP contribution in [-0.4, -0.2) is 28.8 Å². The first kappa shape index (κ1) is 28.4. The minimum atomic E-state index is -0.780. The summed E-state index contributed by atoms with van der Waals surface area (Å²) in [5.74, 6) is -0.245. The lowest BCUT2D eigenvalue weighted by Gasteiger charge is -2.25. The van der Waals surface area contributed by atoms with Gasteiger partial charge in [0.2, 0.25) is 0 Å². The normalized spacial score (nSPS) is 15.0. The number of rotatable bonds is 7. The van der Waals surface area contributed by atoms with Crippen molar-refractivity contribution in [1.82, 2.24) is 9.13 Å². The quantitative estimate of drug-likeness (QED) is 0.241. The highest BCUT2D eigenvalue weighted by Crippen LogP contribution is 2.36. The zero-order valence-corrected chi connectivity index (χ0v) is 25.1. The Bertz CT molecular complexity index is 2100. The van der Waals surface area contributed by atoms with Gasteiger partial charge < -0.3 is 14.0 Å². The predicted molar refractivity (Wildman–Crippen MR) is 166 cm³/mol. The highest BCUT2D eigenvalue weighted by Gasteiger charge is 2.35. The van der Waals surface area contributed by atoms with Crippen LogP contribution in [0.2, 0.25) is 0 Å². The van der Waals surface area contributed by atoms with Crippen molar-refractivity contribution in [3.05, 3.63) is 132 Å². The molecule has 1 aliphatic heterocycles. The van der Waals surface area contributed by atoms with Gasteiger partial charge in [0.25, 0.3) is 5.56 Å². The Balaban J connectivity index is 1.57. The minimum Gasteiger partial charge on any atom is -0.496 e. The third kappa shape index (κ3) is 4.89. The molecule has 0 aliphatic carbocycles. The first-order valence-electron chi connectivity index (χ1n) is 14.0. The number of ether oxygens (including phenoxy) is 2. The van der Waals surface area contributed by atoms with Crippen molar-refractivity contribution in [2.75, 3.05) is 13.7 Å². The molecule has 0 radical (unpaired) electrons. The Kier molecular flexibility index (Phi) is 7.58. The molecule has 0 unspecified atom stereocenters. The predicted octanol–water partition coefficient (Wildman–Crippen LogP) is 5.26. The Morgan fingerprint density at radius 1 is 1.05 bits per heavy atom. The molecular formula is C34H30FN3O4S. The Hall–Kier alpha value is -4.76. The molecule has 0 spiro atoms. The SMILES string of the molecule is CCOC(=O)C1=C(C)N=c2s/c(=C\c3c(C)n(Cc4ccccc4F)c4ccccc34)c(=O)n2[C@H]1c1ccccc1OC. The number of fused-ring (bicyclic) bond motifs is 2. The van der Waals surface area contributed by atoms with Gasteiger partial charge in [-0.25, -0.2) is 14.2 Å². The van der Waals surface area contributed by atoms with E-state index in [-0.39, 0.29) is 18.0 Å². The molecule has 6 rings (SSSR count). The number of aromatic nitrogens is 2. The summed E-state index contributed by atoms with van der Waals surface area (Å²) in [7, 11) is 1.56. The summed E-state index contributed by atoms with van der Waals surface area (Å²) in [5.41, 5.74) is 4.45. The monoisotopic (exact) mass is 595 g/mol. The van der Waals surface area contributed by atoms with Gasteiger partial charge in [-0.15, -0.1) is 0 Å². The molecule has 0 bridgehead atoms. The number of benzene rings is 3. The van der Waals surface area contributed by atoms with Crippen molar-refractivity contribution in [1.29, 1.82) is 0 Å². The maximum absolute atomic E-state index is 14.6. The van der Waals surface area contributed by atoms with E-state index >= 15 is 0 Å². The number of hydrogen-bond acceptors (Lipinski definition) is 6. The van der Waals surface area contributed by atoms with E-state index in [2.05, 4.69) is 4.57 Å². The molecule has 2 aromatic heterocycles. The van der Waals surface area contributed by atoms with Gasteiger partial charge in [0.1, 0.15) is 17.6 Å². The number of carbonyl (C=O) groups is 1. The summed E-state index contributed by atoms with van der Waals surface area (Å²) < 4.78 is 29.8. The van der Waals surface area contributed by atoms with Crippen LogP contribution in [0.25, 0.3) is 17.0 Å². The molecule has 0 N–H and O–H groups in total. The molecule has 43 heavy (non-hydrogen) atoms. The molecular weight excluding hydrogens is 565 g/mol. The number of para-hydroxylation sites is 2. The van der Waals surface area contributed by atoms with Crippen LogP contribution in [0.1, 0.15) is 42.3 Å². The van der Waals surface area contributed by atoms with Crippen LogP contribution < -0.4 is 19.6 Å². The maximum atomic E-state index is 14.6. The minimum absolute atomic E-state index is 0.189. The maximum Gasteiger partial charge on any atom is 0.338 e. The third-order valence-corrected chi connectivity index (χ3v) is 8.77. The van der Waals surface area contributed by atoms with Crippen molar-refractivity contribution >= 4 is 34.3 Å². The van der Waals surface area contributed by atoms with Crippen LogP contribution in [0.3, 0.4) is 0 Å². The zero-order valence-electron chi connectivity index (χ0n) is 24.3. The average Bonchev–Trinajstić information content (AvgIpc) is 3.46. The number of methoxy groups -OCH3 is 1. The lowest BCUT2D eigenvalue weighted by molar-refractivity contribution is -0.139. The van der Waals surface area contributed by atoms with E-state index in [0.717, 1.165) is 22.2 Å². The summed E-state index contributed by atoms with van der Waals surface area (Å²) >= 11 is 1.26. The van der Waals surface area contributed by atoms with Crippen molar-refractivity contribution in [3.8, 4) is 5.75 Å². The topological polar surface area (TPSA) is 74.8 Å². The molecule has 1 aliphatic rings. The summed E-state index contributed by atoms with van der Waals surface area (Å²) in [6.45, 7) is 6.02. The van der Waals surface area contributed by atoms with E-state index in [1.165, 1.54) is 17.4 Å². The smallest absolute Gasteiger partial charge is 0.338 e. The Morgan fingerprint density at radius 2 is 1.77 bits per heavy atom. The first-order valence-corrected chi connectivity index (χ1v) is 14.8. The van der Waals surface area contributed by atoms with Crippen molar-refractivity contribution in [3.63, 3.8) is 0 Å². The van der Waals surface area contributed by atoms with Crippen molar-refractivity contribution in [2.45, 2.75) is 33.4 Å². The largest absolute Gasteiger partial charge is 0.496 e. The van der Waals surface area contributed by atoms with Gasteiger partial charge >= 0.3 is 5.97 Å². The van der Waals surface area contributed by atoms with Crippen LogP contribution in [-0.2, 0) is 16.1 Å². The molecule has 0 saturated carbocycles. The van der Waals surface area contributed by atoms with E-state index in [9.17, 15) is 14.0 Å². The number of hydrogen-bond donors (Lipinski definition) is 0. The van der Waals surface area contributed by atoms with Crippen molar-refractivity contribution in [2.24, 2.45) is 4.99 Å². The van der Waals surface area contributed by atoms with Crippen LogP contribution in [0.15, 0.2) is 93.9 Å². The molecule has 0 fully saturated rings. The fourth-order valence-corrected chi connectivity index (χ4v) is 6.78. The van der Waals surface area contributed by atoms with Gasteiger partial charge in [0, 0.05) is 33.3 Å². The van der Waals surface area contributed by atoms with Crippen LogP contribution in [0.5, 0.6) is 5.75 Å². The lowest BCUT2D eigenvalue weighted by Crippen LogP contribution is -2.40. The fraction of sp³-hybridized carbons (Fsp3) is 0.206. The van der Waals surface area contributed by atoms with E-state index < -0.39 is 12.0 Å². The fourth-order valence-electron chi connectivity index (χ4n) is 5.75. The zero-order chi connectivity index (χ0) is 30.2. The number of allylic oxidation sites excluding steroid dienone is 1. The van der Waals surface area contributed by atoms with E-state index in [4.69, 9.17) is 14.5 Å². The van der Waals surface area contributed by atoms with E-state index in [1.807, 2.05) is 61.5 Å². The summed E-state index contributed by atoms with van der Waals surface area (Å²) in [5, 5.41) is 0.951. The number of nitrogens with zero attached hydrogens (tertiary/aromatic N) is 3. The summed E-state index contributed by atoms with van der Waals surface area (Å²) in [6.07, 6.45) is 1.88. The number of esters is 1. The average molecular weight is 596 g/mol. The second kappa shape index (κ2) is 11.5. The molecule has 3 aromatic carbocycles. The summed E-state index contributed by atoms with van der Waals surface area (Å²) in [6, 6.07) is 21.2. The third-order valence-electron chi connectivity index (χ3n) is 7.79. The van der Waals surface area contributed by atoms with Gasteiger partial charge in [0.05, 0.1) is 36.1 Å². The highest BCUT2D eigenvalue weighted by molar-refractivity contribution is 7.07. The molecule has 0 amide bonds. The highest BCUT2D eigenvalue weighted by atomic mass is 32.1. The molecule has 218 valence electrons. The molecule has 5 aromatic rings. The second-order valence-corrected chi connectivity index (χ2v) is 11.2.